The van der Waals surface area contributed by atoms with Gasteiger partial charge >= 0.3 is 0 Å². The van der Waals surface area contributed by atoms with E-state index in [0.29, 0.717) is 30.5 Å². The number of anilines is 2. The maximum atomic E-state index is 12.4. The number of hydrogen-bond donors (Lipinski definition) is 1. The first-order chi connectivity index (χ1) is 13.7. The van der Waals surface area contributed by atoms with Crippen LogP contribution in [0, 0.1) is 0 Å². The van der Waals surface area contributed by atoms with Crippen LogP contribution < -0.4 is 15.0 Å². The summed E-state index contributed by atoms with van der Waals surface area (Å²) in [6, 6.07) is 9.14. The highest BCUT2D eigenvalue weighted by molar-refractivity contribution is 6.30. The largest absolute Gasteiger partial charge is 0.488 e. The third-order valence-corrected chi connectivity index (χ3v) is 4.75. The minimum absolute atomic E-state index is 0.222. The van der Waals surface area contributed by atoms with E-state index < -0.39 is 0 Å². The smallest absolute Gasteiger partial charge is 0.248 e. The zero-order valence-electron chi connectivity index (χ0n) is 15.2. The zero-order chi connectivity index (χ0) is 19.3. The van der Waals surface area contributed by atoms with E-state index in [0.717, 1.165) is 35.8 Å². The average Bonchev–Trinajstić information content (AvgIpc) is 2.73. The van der Waals surface area contributed by atoms with Crippen LogP contribution in [0.5, 0.6) is 5.75 Å². The van der Waals surface area contributed by atoms with Gasteiger partial charge in [0.25, 0.3) is 0 Å². The summed E-state index contributed by atoms with van der Waals surface area (Å²) < 4.78 is 11.1. The molecule has 0 atom stereocenters. The van der Waals surface area contributed by atoms with Crippen molar-refractivity contribution in [3.8, 4) is 5.75 Å². The first kappa shape index (κ1) is 18.5. The first-order valence-electron chi connectivity index (χ1n) is 9.09. The number of amides is 1. The molecule has 0 radical (unpaired) electrons. The fraction of sp³-hybridized carbons (Fsp3) is 0.238. The number of morpholine rings is 1. The maximum Gasteiger partial charge on any atom is 0.248 e. The zero-order valence-corrected chi connectivity index (χ0v) is 16.0. The molecule has 0 aliphatic carbocycles. The number of fused-ring (bicyclic) bond motifs is 1. The van der Waals surface area contributed by atoms with Crippen molar-refractivity contribution in [2.75, 3.05) is 43.1 Å². The summed E-state index contributed by atoms with van der Waals surface area (Å²) in [6.07, 6.45) is 6.95. The summed E-state index contributed by atoms with van der Waals surface area (Å²) in [5.41, 5.74) is 2.48. The molecule has 144 valence electrons. The van der Waals surface area contributed by atoms with Gasteiger partial charge in [-0.05, 0) is 42.0 Å². The quantitative estimate of drug-likeness (QED) is 0.799. The molecule has 0 bridgehead atoms. The Hall–Kier alpha value is -2.83. The molecule has 1 amide bonds. The van der Waals surface area contributed by atoms with Crippen LogP contribution in [0.4, 0.5) is 11.5 Å². The van der Waals surface area contributed by atoms with Gasteiger partial charge in [0.2, 0.25) is 5.91 Å². The van der Waals surface area contributed by atoms with E-state index in [4.69, 9.17) is 21.1 Å². The predicted molar refractivity (Wildman–Crippen MR) is 110 cm³/mol. The second kappa shape index (κ2) is 8.46. The molecule has 28 heavy (non-hydrogen) atoms. The first-order valence-corrected chi connectivity index (χ1v) is 9.46. The van der Waals surface area contributed by atoms with Crippen molar-refractivity contribution in [2.45, 2.75) is 0 Å². The van der Waals surface area contributed by atoms with Crippen LogP contribution in [0.3, 0.4) is 0 Å². The molecule has 7 heteroatoms. The van der Waals surface area contributed by atoms with E-state index in [9.17, 15) is 4.79 Å². The number of carbonyl (C=O) groups is 1. The minimum Gasteiger partial charge on any atom is -0.488 e. The Morgan fingerprint density at radius 1 is 1.25 bits per heavy atom. The Morgan fingerprint density at radius 2 is 2.11 bits per heavy atom. The van der Waals surface area contributed by atoms with Gasteiger partial charge in [0.1, 0.15) is 12.4 Å². The highest BCUT2D eigenvalue weighted by atomic mass is 35.5. The number of rotatable bonds is 4. The molecule has 4 rings (SSSR count). The third kappa shape index (κ3) is 4.35. The van der Waals surface area contributed by atoms with Crippen molar-refractivity contribution >= 4 is 35.1 Å². The molecule has 3 heterocycles. The number of benzene rings is 1. The SMILES string of the molecule is O=C(C=CC1=Cc2cc(Cl)ccc2OC1)Nc1cccnc1N1CCOCC1. The van der Waals surface area contributed by atoms with Crippen molar-refractivity contribution in [3.05, 3.63) is 64.8 Å². The summed E-state index contributed by atoms with van der Waals surface area (Å²) in [5, 5.41) is 3.56. The van der Waals surface area contributed by atoms with Crippen LogP contribution in [0.2, 0.25) is 5.02 Å². The molecule has 2 aliphatic rings. The van der Waals surface area contributed by atoms with E-state index in [1.54, 1.807) is 24.4 Å². The summed E-state index contributed by atoms with van der Waals surface area (Å²) in [6.45, 7) is 3.22. The predicted octanol–water partition coefficient (Wildman–Crippen LogP) is 3.54. The molecule has 0 saturated carbocycles. The van der Waals surface area contributed by atoms with Gasteiger partial charge in [-0.3, -0.25) is 4.79 Å². The van der Waals surface area contributed by atoms with Crippen LogP contribution >= 0.6 is 11.6 Å². The van der Waals surface area contributed by atoms with Crippen molar-refractivity contribution in [3.63, 3.8) is 0 Å². The minimum atomic E-state index is -0.222. The Bertz CT molecular complexity index is 936. The molecular weight excluding hydrogens is 378 g/mol. The molecule has 2 aromatic rings. The fourth-order valence-corrected chi connectivity index (χ4v) is 3.32. The Kier molecular flexibility index (Phi) is 5.60. The molecule has 1 aromatic carbocycles. The number of nitrogens with zero attached hydrogens (tertiary/aromatic N) is 2. The number of carbonyl (C=O) groups excluding carboxylic acids is 1. The fourth-order valence-electron chi connectivity index (χ4n) is 3.14. The monoisotopic (exact) mass is 397 g/mol. The molecule has 1 fully saturated rings. The molecule has 1 aromatic heterocycles. The van der Waals surface area contributed by atoms with Crippen molar-refractivity contribution in [1.29, 1.82) is 0 Å². The second-order valence-corrected chi connectivity index (χ2v) is 6.92. The summed E-state index contributed by atoms with van der Waals surface area (Å²) in [5.74, 6) is 1.33. The number of ether oxygens (including phenoxy) is 2. The van der Waals surface area contributed by atoms with Gasteiger partial charge in [0.05, 0.1) is 18.9 Å². The van der Waals surface area contributed by atoms with E-state index in [1.165, 1.54) is 6.08 Å². The van der Waals surface area contributed by atoms with Crippen LogP contribution in [-0.2, 0) is 9.53 Å². The van der Waals surface area contributed by atoms with Gasteiger partial charge in [-0.25, -0.2) is 4.98 Å². The lowest BCUT2D eigenvalue weighted by atomic mass is 10.1. The molecule has 0 unspecified atom stereocenters. The number of halogens is 1. The molecule has 1 N–H and O–H groups in total. The Labute approximate surface area is 168 Å². The van der Waals surface area contributed by atoms with Crippen molar-refractivity contribution in [1.82, 2.24) is 4.98 Å². The van der Waals surface area contributed by atoms with Gasteiger partial charge in [0, 0.05) is 35.9 Å². The Balaban J connectivity index is 1.45. The highest BCUT2D eigenvalue weighted by Gasteiger charge is 2.17. The van der Waals surface area contributed by atoms with Crippen LogP contribution in [0.15, 0.2) is 54.3 Å². The number of nitrogens with one attached hydrogen (secondary N) is 1. The van der Waals surface area contributed by atoms with Crippen LogP contribution in [0.1, 0.15) is 5.56 Å². The summed E-state index contributed by atoms with van der Waals surface area (Å²) in [4.78, 5) is 19.0. The third-order valence-electron chi connectivity index (χ3n) is 4.51. The number of aromatic nitrogens is 1. The van der Waals surface area contributed by atoms with E-state index in [-0.39, 0.29) is 5.91 Å². The van der Waals surface area contributed by atoms with Gasteiger partial charge in [0.15, 0.2) is 5.82 Å². The van der Waals surface area contributed by atoms with Crippen LogP contribution in [-0.4, -0.2) is 43.8 Å². The standard InChI is InChI=1S/C21H20ClN3O3/c22-17-4-5-19-16(13-17)12-15(14-28-19)3-6-20(26)24-18-2-1-7-23-21(18)25-8-10-27-11-9-25/h1-7,12-13H,8-11,14H2,(H,24,26). The summed E-state index contributed by atoms with van der Waals surface area (Å²) >= 11 is 6.04. The maximum absolute atomic E-state index is 12.4. The number of hydrogen-bond acceptors (Lipinski definition) is 5. The second-order valence-electron chi connectivity index (χ2n) is 6.49. The van der Waals surface area contributed by atoms with Gasteiger partial charge in [-0.15, -0.1) is 0 Å². The topological polar surface area (TPSA) is 63.7 Å². The Morgan fingerprint density at radius 3 is 2.96 bits per heavy atom. The molecule has 6 nitrogen and oxygen atoms in total. The van der Waals surface area contributed by atoms with E-state index in [1.807, 2.05) is 24.3 Å². The molecular formula is C21H20ClN3O3. The molecule has 2 aliphatic heterocycles. The summed E-state index contributed by atoms with van der Waals surface area (Å²) in [7, 11) is 0. The lowest BCUT2D eigenvalue weighted by Crippen LogP contribution is -2.37. The molecule has 0 spiro atoms. The lowest BCUT2D eigenvalue weighted by molar-refractivity contribution is -0.111. The van der Waals surface area contributed by atoms with Crippen molar-refractivity contribution < 1.29 is 14.3 Å². The van der Waals surface area contributed by atoms with Crippen molar-refractivity contribution in [2.24, 2.45) is 0 Å². The average molecular weight is 398 g/mol. The van der Waals surface area contributed by atoms with E-state index >= 15 is 0 Å². The normalized spacial score (nSPS) is 16.3. The molecule has 1 saturated heterocycles. The van der Waals surface area contributed by atoms with Crippen LogP contribution in [0.25, 0.3) is 6.08 Å². The van der Waals surface area contributed by atoms with Gasteiger partial charge < -0.3 is 19.7 Å². The number of pyridine rings is 1. The van der Waals surface area contributed by atoms with E-state index in [2.05, 4.69) is 15.2 Å². The van der Waals surface area contributed by atoms with Gasteiger partial charge in [-0.2, -0.15) is 0 Å². The van der Waals surface area contributed by atoms with Gasteiger partial charge in [-0.1, -0.05) is 17.7 Å². The highest BCUT2D eigenvalue weighted by Crippen LogP contribution is 2.29. The lowest BCUT2D eigenvalue weighted by Gasteiger charge is -2.29.